The zero-order valence-electron chi connectivity index (χ0n) is 8.61. The van der Waals surface area contributed by atoms with Crippen LogP contribution in [-0.4, -0.2) is 0 Å². The highest BCUT2D eigenvalue weighted by molar-refractivity contribution is 5.03. The fourth-order valence-corrected chi connectivity index (χ4v) is 2.40. The molecule has 1 fully saturated rings. The zero-order chi connectivity index (χ0) is 9.80. The highest BCUT2D eigenvalue weighted by Crippen LogP contribution is 2.30. The van der Waals surface area contributed by atoms with E-state index in [2.05, 4.69) is 0 Å². The number of hydrogen-bond acceptors (Lipinski definition) is 2. The molecule has 0 saturated heterocycles. The molecular formula is C12H19NO. The predicted octanol–water partition coefficient (Wildman–Crippen LogP) is 3.25. The van der Waals surface area contributed by atoms with Gasteiger partial charge in [0.15, 0.2) is 0 Å². The molecule has 2 rings (SSSR count). The van der Waals surface area contributed by atoms with Crippen molar-refractivity contribution in [1.29, 1.82) is 0 Å². The SMILES string of the molecule is NC(CC1CCCCC1)c1ccco1. The lowest BCUT2D eigenvalue weighted by Gasteiger charge is -2.23. The Kier molecular flexibility index (Phi) is 3.25. The lowest BCUT2D eigenvalue weighted by molar-refractivity contribution is 0.304. The largest absolute Gasteiger partial charge is 0.468 e. The summed E-state index contributed by atoms with van der Waals surface area (Å²) in [7, 11) is 0. The molecule has 1 aliphatic rings. The van der Waals surface area contributed by atoms with Crippen LogP contribution in [0.4, 0.5) is 0 Å². The van der Waals surface area contributed by atoms with E-state index in [9.17, 15) is 0 Å². The van der Waals surface area contributed by atoms with E-state index in [1.807, 2.05) is 12.1 Å². The Hall–Kier alpha value is -0.760. The van der Waals surface area contributed by atoms with E-state index in [1.54, 1.807) is 6.26 Å². The summed E-state index contributed by atoms with van der Waals surface area (Å²) in [4.78, 5) is 0. The Morgan fingerprint density at radius 2 is 2.14 bits per heavy atom. The molecular weight excluding hydrogens is 174 g/mol. The highest BCUT2D eigenvalue weighted by atomic mass is 16.3. The monoisotopic (exact) mass is 193 g/mol. The molecule has 0 amide bonds. The van der Waals surface area contributed by atoms with E-state index in [-0.39, 0.29) is 6.04 Å². The molecule has 0 radical (unpaired) electrons. The molecule has 78 valence electrons. The van der Waals surface area contributed by atoms with Gasteiger partial charge < -0.3 is 10.2 Å². The van der Waals surface area contributed by atoms with Crippen LogP contribution in [0.15, 0.2) is 22.8 Å². The number of furan rings is 1. The van der Waals surface area contributed by atoms with Crippen LogP contribution in [-0.2, 0) is 0 Å². The second-order valence-electron chi connectivity index (χ2n) is 4.36. The van der Waals surface area contributed by atoms with Crippen molar-refractivity contribution in [3.05, 3.63) is 24.2 Å². The van der Waals surface area contributed by atoms with Crippen molar-refractivity contribution in [3.63, 3.8) is 0 Å². The van der Waals surface area contributed by atoms with Crippen LogP contribution in [0.3, 0.4) is 0 Å². The molecule has 1 aliphatic carbocycles. The molecule has 2 N–H and O–H groups in total. The molecule has 0 bridgehead atoms. The summed E-state index contributed by atoms with van der Waals surface area (Å²) >= 11 is 0. The van der Waals surface area contributed by atoms with E-state index in [4.69, 9.17) is 10.2 Å². The quantitative estimate of drug-likeness (QED) is 0.800. The van der Waals surface area contributed by atoms with Crippen molar-refractivity contribution in [2.24, 2.45) is 11.7 Å². The maximum absolute atomic E-state index is 6.08. The molecule has 1 aromatic heterocycles. The Bertz CT molecular complexity index is 249. The van der Waals surface area contributed by atoms with Gasteiger partial charge in [0.1, 0.15) is 5.76 Å². The summed E-state index contributed by atoms with van der Waals surface area (Å²) in [6, 6.07) is 4.00. The second kappa shape index (κ2) is 4.65. The summed E-state index contributed by atoms with van der Waals surface area (Å²) in [6.45, 7) is 0. The molecule has 14 heavy (non-hydrogen) atoms. The summed E-state index contributed by atoms with van der Waals surface area (Å²) in [5, 5.41) is 0. The molecule has 0 aliphatic heterocycles. The van der Waals surface area contributed by atoms with Crippen LogP contribution in [0.25, 0.3) is 0 Å². The van der Waals surface area contributed by atoms with Crippen molar-refractivity contribution < 1.29 is 4.42 Å². The van der Waals surface area contributed by atoms with Gasteiger partial charge in [-0.05, 0) is 24.5 Å². The minimum Gasteiger partial charge on any atom is -0.468 e. The van der Waals surface area contributed by atoms with Gasteiger partial charge in [-0.2, -0.15) is 0 Å². The van der Waals surface area contributed by atoms with E-state index in [1.165, 1.54) is 32.1 Å². The zero-order valence-corrected chi connectivity index (χ0v) is 8.61. The maximum Gasteiger partial charge on any atom is 0.120 e. The van der Waals surface area contributed by atoms with Crippen molar-refractivity contribution in [2.75, 3.05) is 0 Å². The molecule has 1 heterocycles. The van der Waals surface area contributed by atoms with Crippen LogP contribution in [0, 0.1) is 5.92 Å². The molecule has 1 aromatic rings. The number of rotatable bonds is 3. The Morgan fingerprint density at radius 1 is 1.36 bits per heavy atom. The van der Waals surface area contributed by atoms with Gasteiger partial charge in [-0.25, -0.2) is 0 Å². The Labute approximate surface area is 85.5 Å². The fraction of sp³-hybridized carbons (Fsp3) is 0.667. The van der Waals surface area contributed by atoms with E-state index >= 15 is 0 Å². The summed E-state index contributed by atoms with van der Waals surface area (Å²) in [5.41, 5.74) is 6.08. The molecule has 0 spiro atoms. The van der Waals surface area contributed by atoms with Crippen LogP contribution in [0.2, 0.25) is 0 Å². The average molecular weight is 193 g/mol. The molecule has 1 saturated carbocycles. The van der Waals surface area contributed by atoms with Gasteiger partial charge >= 0.3 is 0 Å². The lowest BCUT2D eigenvalue weighted by atomic mass is 9.84. The third-order valence-electron chi connectivity index (χ3n) is 3.22. The molecule has 2 nitrogen and oxygen atoms in total. The normalized spacial score (nSPS) is 20.9. The average Bonchev–Trinajstić information content (AvgIpc) is 2.72. The summed E-state index contributed by atoms with van der Waals surface area (Å²) in [5.74, 6) is 1.76. The maximum atomic E-state index is 6.08. The van der Waals surface area contributed by atoms with Crippen LogP contribution >= 0.6 is 0 Å². The minimum atomic E-state index is 0.105. The standard InChI is InChI=1S/C12H19NO/c13-11(12-7-4-8-14-12)9-10-5-2-1-3-6-10/h4,7-8,10-11H,1-3,5-6,9,13H2. The molecule has 0 aromatic carbocycles. The van der Waals surface area contributed by atoms with Crippen molar-refractivity contribution in [3.8, 4) is 0 Å². The Morgan fingerprint density at radius 3 is 2.79 bits per heavy atom. The predicted molar refractivity (Wildman–Crippen MR) is 56.8 cm³/mol. The van der Waals surface area contributed by atoms with Gasteiger partial charge in [-0.15, -0.1) is 0 Å². The van der Waals surface area contributed by atoms with Gasteiger partial charge in [0.2, 0.25) is 0 Å². The van der Waals surface area contributed by atoms with E-state index in [0.29, 0.717) is 0 Å². The third kappa shape index (κ3) is 2.38. The van der Waals surface area contributed by atoms with E-state index < -0.39 is 0 Å². The third-order valence-corrected chi connectivity index (χ3v) is 3.22. The first kappa shape index (κ1) is 9.78. The highest BCUT2D eigenvalue weighted by Gasteiger charge is 2.18. The van der Waals surface area contributed by atoms with Gasteiger partial charge in [-0.1, -0.05) is 32.1 Å². The smallest absolute Gasteiger partial charge is 0.120 e. The first-order valence-electron chi connectivity index (χ1n) is 5.65. The van der Waals surface area contributed by atoms with Crippen LogP contribution < -0.4 is 5.73 Å². The summed E-state index contributed by atoms with van der Waals surface area (Å²) < 4.78 is 5.31. The first-order chi connectivity index (χ1) is 6.86. The topological polar surface area (TPSA) is 39.2 Å². The molecule has 2 heteroatoms. The number of nitrogens with two attached hydrogens (primary N) is 1. The fourth-order valence-electron chi connectivity index (χ4n) is 2.40. The van der Waals surface area contributed by atoms with Crippen LogP contribution in [0.1, 0.15) is 50.3 Å². The van der Waals surface area contributed by atoms with Gasteiger partial charge in [-0.3, -0.25) is 0 Å². The Balaban J connectivity index is 1.84. The van der Waals surface area contributed by atoms with Gasteiger partial charge in [0.05, 0.1) is 12.3 Å². The van der Waals surface area contributed by atoms with Crippen LogP contribution in [0.5, 0.6) is 0 Å². The van der Waals surface area contributed by atoms with Crippen molar-refractivity contribution in [2.45, 2.75) is 44.6 Å². The first-order valence-corrected chi connectivity index (χ1v) is 5.65. The second-order valence-corrected chi connectivity index (χ2v) is 4.36. The molecule has 1 atom stereocenters. The lowest BCUT2D eigenvalue weighted by Crippen LogP contribution is -2.16. The van der Waals surface area contributed by atoms with Gasteiger partial charge in [0, 0.05) is 0 Å². The molecule has 1 unspecified atom stereocenters. The summed E-state index contributed by atoms with van der Waals surface area (Å²) in [6.07, 6.45) is 9.68. The number of hydrogen-bond donors (Lipinski definition) is 1. The van der Waals surface area contributed by atoms with Crippen molar-refractivity contribution in [1.82, 2.24) is 0 Å². The van der Waals surface area contributed by atoms with Gasteiger partial charge in [0.25, 0.3) is 0 Å². The van der Waals surface area contributed by atoms with Crippen molar-refractivity contribution >= 4 is 0 Å². The van der Waals surface area contributed by atoms with E-state index in [0.717, 1.165) is 18.1 Å². The minimum absolute atomic E-state index is 0.105.